The van der Waals surface area contributed by atoms with Gasteiger partial charge in [-0.05, 0) is 18.8 Å². The van der Waals surface area contributed by atoms with E-state index in [-0.39, 0.29) is 18.1 Å². The van der Waals surface area contributed by atoms with Gasteiger partial charge in [-0.25, -0.2) is 9.59 Å². The van der Waals surface area contributed by atoms with E-state index in [0.29, 0.717) is 32.1 Å². The SMILES string of the molecule is CC1CCCN(C(=O)N2CCN3C(=O)NCC3C2)C1. The first-order valence-corrected chi connectivity index (χ1v) is 7.23. The van der Waals surface area contributed by atoms with Crippen LogP contribution in [0.25, 0.3) is 0 Å². The van der Waals surface area contributed by atoms with E-state index in [4.69, 9.17) is 0 Å². The van der Waals surface area contributed by atoms with Gasteiger partial charge in [-0.2, -0.15) is 0 Å². The predicted octanol–water partition coefficient (Wildman–Crippen LogP) is 0.548. The summed E-state index contributed by atoms with van der Waals surface area (Å²) in [5, 5.41) is 2.84. The summed E-state index contributed by atoms with van der Waals surface area (Å²) >= 11 is 0. The molecule has 2 atom stereocenters. The third kappa shape index (κ3) is 2.35. The van der Waals surface area contributed by atoms with Gasteiger partial charge in [0.15, 0.2) is 0 Å². The number of urea groups is 2. The lowest BCUT2D eigenvalue weighted by atomic mass is 10.0. The Balaban J connectivity index is 1.60. The van der Waals surface area contributed by atoms with Gasteiger partial charge in [0.05, 0.1) is 6.04 Å². The third-order valence-electron chi connectivity index (χ3n) is 4.43. The molecule has 0 aliphatic carbocycles. The molecule has 0 aromatic heterocycles. The topological polar surface area (TPSA) is 55.9 Å². The highest BCUT2D eigenvalue weighted by atomic mass is 16.2. The molecule has 3 fully saturated rings. The molecular weight excluding hydrogens is 244 g/mol. The Morgan fingerprint density at radius 1 is 1.21 bits per heavy atom. The number of rotatable bonds is 0. The zero-order valence-electron chi connectivity index (χ0n) is 11.5. The number of nitrogens with one attached hydrogen (secondary N) is 1. The number of fused-ring (bicyclic) bond motifs is 1. The third-order valence-corrected chi connectivity index (χ3v) is 4.43. The minimum Gasteiger partial charge on any atom is -0.336 e. The van der Waals surface area contributed by atoms with Gasteiger partial charge < -0.3 is 20.0 Å². The Morgan fingerprint density at radius 3 is 2.79 bits per heavy atom. The number of hydrogen-bond donors (Lipinski definition) is 1. The van der Waals surface area contributed by atoms with Crippen molar-refractivity contribution >= 4 is 12.1 Å². The zero-order chi connectivity index (χ0) is 13.4. The van der Waals surface area contributed by atoms with Gasteiger partial charge in [-0.15, -0.1) is 0 Å². The Bertz CT molecular complexity index is 387. The molecule has 3 aliphatic heterocycles. The molecule has 0 aromatic carbocycles. The highest BCUT2D eigenvalue weighted by molar-refractivity contribution is 5.79. The number of likely N-dealkylation sites (tertiary alicyclic amines) is 1. The van der Waals surface area contributed by atoms with Crippen LogP contribution < -0.4 is 5.32 Å². The van der Waals surface area contributed by atoms with Crippen LogP contribution in [0.4, 0.5) is 9.59 Å². The normalized spacial score (nSPS) is 31.2. The molecule has 3 aliphatic rings. The van der Waals surface area contributed by atoms with Crippen molar-refractivity contribution in [2.75, 3.05) is 39.3 Å². The summed E-state index contributed by atoms with van der Waals surface area (Å²) in [6.45, 7) is 6.61. The first kappa shape index (κ1) is 12.6. The van der Waals surface area contributed by atoms with Gasteiger partial charge in [0, 0.05) is 39.3 Å². The number of hydrogen-bond acceptors (Lipinski definition) is 2. The fraction of sp³-hybridized carbons (Fsp3) is 0.846. The first-order chi connectivity index (χ1) is 9.15. The van der Waals surface area contributed by atoms with E-state index in [1.54, 1.807) is 0 Å². The summed E-state index contributed by atoms with van der Waals surface area (Å²) in [5.74, 6) is 0.605. The molecule has 0 aromatic rings. The van der Waals surface area contributed by atoms with Crippen molar-refractivity contribution in [1.82, 2.24) is 20.0 Å². The van der Waals surface area contributed by atoms with Crippen LogP contribution in [0.15, 0.2) is 0 Å². The number of piperazine rings is 1. The molecule has 19 heavy (non-hydrogen) atoms. The molecule has 3 heterocycles. The molecule has 6 heteroatoms. The summed E-state index contributed by atoms with van der Waals surface area (Å²) in [6, 6.07) is 0.335. The minimum atomic E-state index is 0.0173. The van der Waals surface area contributed by atoms with Gasteiger partial charge in [-0.3, -0.25) is 0 Å². The summed E-state index contributed by atoms with van der Waals surface area (Å²) in [5.41, 5.74) is 0. The van der Waals surface area contributed by atoms with Crippen LogP contribution in [0.2, 0.25) is 0 Å². The minimum absolute atomic E-state index is 0.0173. The van der Waals surface area contributed by atoms with Gasteiger partial charge in [0.25, 0.3) is 0 Å². The molecule has 1 N–H and O–H groups in total. The Morgan fingerprint density at radius 2 is 2.00 bits per heavy atom. The van der Waals surface area contributed by atoms with Crippen molar-refractivity contribution < 1.29 is 9.59 Å². The maximum absolute atomic E-state index is 12.5. The van der Waals surface area contributed by atoms with Crippen molar-refractivity contribution in [2.45, 2.75) is 25.8 Å². The second-order valence-electron chi connectivity index (χ2n) is 5.96. The molecule has 0 bridgehead atoms. The molecule has 2 unspecified atom stereocenters. The summed E-state index contributed by atoms with van der Waals surface area (Å²) in [7, 11) is 0. The highest BCUT2D eigenvalue weighted by Gasteiger charge is 2.38. The Labute approximate surface area is 113 Å². The van der Waals surface area contributed by atoms with Crippen molar-refractivity contribution in [2.24, 2.45) is 5.92 Å². The van der Waals surface area contributed by atoms with Gasteiger partial charge >= 0.3 is 12.1 Å². The van der Waals surface area contributed by atoms with Crippen LogP contribution in [-0.2, 0) is 0 Å². The predicted molar refractivity (Wildman–Crippen MR) is 70.8 cm³/mol. The lowest BCUT2D eigenvalue weighted by Crippen LogP contribution is -2.57. The lowest BCUT2D eigenvalue weighted by molar-refractivity contribution is 0.0954. The molecule has 0 radical (unpaired) electrons. The van der Waals surface area contributed by atoms with Crippen molar-refractivity contribution in [3.8, 4) is 0 Å². The van der Waals surface area contributed by atoms with E-state index in [0.717, 1.165) is 19.5 Å². The zero-order valence-corrected chi connectivity index (χ0v) is 11.5. The van der Waals surface area contributed by atoms with E-state index in [2.05, 4.69) is 12.2 Å². The Hall–Kier alpha value is -1.46. The van der Waals surface area contributed by atoms with E-state index < -0.39 is 0 Å². The van der Waals surface area contributed by atoms with Crippen LogP contribution in [0.3, 0.4) is 0 Å². The van der Waals surface area contributed by atoms with Crippen molar-refractivity contribution in [3.63, 3.8) is 0 Å². The summed E-state index contributed by atoms with van der Waals surface area (Å²) in [6.07, 6.45) is 2.33. The van der Waals surface area contributed by atoms with Gasteiger partial charge in [0.2, 0.25) is 0 Å². The van der Waals surface area contributed by atoms with Crippen molar-refractivity contribution in [3.05, 3.63) is 0 Å². The van der Waals surface area contributed by atoms with E-state index in [9.17, 15) is 9.59 Å². The maximum Gasteiger partial charge on any atom is 0.320 e. The molecule has 3 rings (SSSR count). The largest absolute Gasteiger partial charge is 0.336 e. The van der Waals surface area contributed by atoms with Crippen molar-refractivity contribution in [1.29, 1.82) is 0 Å². The molecule has 4 amide bonds. The maximum atomic E-state index is 12.5. The standard InChI is InChI=1S/C13H22N4O2/c1-10-3-2-4-15(8-10)13(19)16-5-6-17-11(9-16)7-14-12(17)18/h10-11H,2-9H2,1H3,(H,14,18). The van der Waals surface area contributed by atoms with E-state index in [1.807, 2.05) is 14.7 Å². The average Bonchev–Trinajstić information content (AvgIpc) is 2.79. The van der Waals surface area contributed by atoms with Gasteiger partial charge in [0.1, 0.15) is 0 Å². The number of carbonyl (C=O) groups excluding carboxylic acids is 2. The van der Waals surface area contributed by atoms with Crippen LogP contribution in [0.5, 0.6) is 0 Å². The fourth-order valence-corrected chi connectivity index (χ4v) is 3.34. The summed E-state index contributed by atoms with van der Waals surface area (Å²) in [4.78, 5) is 29.8. The summed E-state index contributed by atoms with van der Waals surface area (Å²) < 4.78 is 0. The lowest BCUT2D eigenvalue weighted by Gasteiger charge is -2.40. The first-order valence-electron chi connectivity index (χ1n) is 7.23. The highest BCUT2D eigenvalue weighted by Crippen LogP contribution is 2.20. The number of nitrogens with zero attached hydrogens (tertiary/aromatic N) is 3. The quantitative estimate of drug-likeness (QED) is 0.696. The van der Waals surface area contributed by atoms with Gasteiger partial charge in [-0.1, -0.05) is 6.92 Å². The number of carbonyl (C=O) groups is 2. The van der Waals surface area contributed by atoms with Crippen LogP contribution in [0, 0.1) is 5.92 Å². The number of amides is 4. The molecule has 6 nitrogen and oxygen atoms in total. The molecule has 106 valence electrons. The smallest absolute Gasteiger partial charge is 0.320 e. The molecule has 3 saturated heterocycles. The van der Waals surface area contributed by atoms with Crippen LogP contribution >= 0.6 is 0 Å². The molecular formula is C13H22N4O2. The van der Waals surface area contributed by atoms with Crippen LogP contribution in [-0.4, -0.2) is 72.1 Å². The monoisotopic (exact) mass is 266 g/mol. The Kier molecular flexibility index (Phi) is 3.24. The second-order valence-corrected chi connectivity index (χ2v) is 5.96. The van der Waals surface area contributed by atoms with E-state index in [1.165, 1.54) is 6.42 Å². The second kappa shape index (κ2) is 4.90. The van der Waals surface area contributed by atoms with Crippen LogP contribution in [0.1, 0.15) is 19.8 Å². The average molecular weight is 266 g/mol. The fourth-order valence-electron chi connectivity index (χ4n) is 3.34. The molecule has 0 spiro atoms. The molecule has 0 saturated carbocycles. The van der Waals surface area contributed by atoms with E-state index >= 15 is 0 Å². The number of piperidine rings is 1.